The van der Waals surface area contributed by atoms with Gasteiger partial charge in [-0.3, -0.25) is 4.79 Å². The minimum Gasteiger partial charge on any atom is -0.396 e. The van der Waals surface area contributed by atoms with Crippen LogP contribution in [-0.4, -0.2) is 23.2 Å². The van der Waals surface area contributed by atoms with Crippen molar-refractivity contribution in [2.75, 3.05) is 12.4 Å². The highest BCUT2D eigenvalue weighted by Crippen LogP contribution is 2.19. The highest BCUT2D eigenvalue weighted by Gasteiger charge is 1.98. The van der Waals surface area contributed by atoms with Crippen molar-refractivity contribution < 1.29 is 9.90 Å². The van der Waals surface area contributed by atoms with Gasteiger partial charge in [0.2, 0.25) is 0 Å². The zero-order valence-electron chi connectivity index (χ0n) is 8.19. The van der Waals surface area contributed by atoms with E-state index in [1.807, 2.05) is 24.3 Å². The Kier molecular flexibility index (Phi) is 4.70. The number of Topliss-reactive ketones (excluding diaryl/α,β-unsaturated/α-hetero) is 1. The number of rotatable bonds is 5. The summed E-state index contributed by atoms with van der Waals surface area (Å²) < 4.78 is 0. The summed E-state index contributed by atoms with van der Waals surface area (Å²) in [5, 5.41) is 8.60. The Labute approximate surface area is 88.3 Å². The van der Waals surface area contributed by atoms with Gasteiger partial charge in [0, 0.05) is 22.8 Å². The molecule has 76 valence electrons. The molecule has 0 unspecified atom stereocenters. The SMILES string of the molecule is CC(=O)c1ccc(SCCCO)cc1. The van der Waals surface area contributed by atoms with Crippen LogP contribution in [0.2, 0.25) is 0 Å². The maximum Gasteiger partial charge on any atom is 0.159 e. The van der Waals surface area contributed by atoms with Crippen molar-refractivity contribution in [3.8, 4) is 0 Å². The molecule has 0 atom stereocenters. The lowest BCUT2D eigenvalue weighted by molar-refractivity contribution is 0.101. The quantitative estimate of drug-likeness (QED) is 0.460. The molecule has 0 aliphatic heterocycles. The van der Waals surface area contributed by atoms with Crippen molar-refractivity contribution >= 4 is 17.5 Å². The van der Waals surface area contributed by atoms with Gasteiger partial charge in [0.25, 0.3) is 0 Å². The largest absolute Gasteiger partial charge is 0.396 e. The summed E-state index contributed by atoms with van der Waals surface area (Å²) in [5.74, 6) is 1.01. The average molecular weight is 210 g/mol. The van der Waals surface area contributed by atoms with Crippen molar-refractivity contribution in [3.63, 3.8) is 0 Å². The minimum atomic E-state index is 0.0944. The van der Waals surface area contributed by atoms with Gasteiger partial charge in [-0.15, -0.1) is 11.8 Å². The van der Waals surface area contributed by atoms with Crippen LogP contribution in [-0.2, 0) is 0 Å². The summed E-state index contributed by atoms with van der Waals surface area (Å²) >= 11 is 1.69. The summed E-state index contributed by atoms with van der Waals surface area (Å²) in [4.78, 5) is 12.1. The van der Waals surface area contributed by atoms with Crippen molar-refractivity contribution in [2.45, 2.75) is 18.2 Å². The Morgan fingerprint density at radius 3 is 2.50 bits per heavy atom. The molecule has 0 saturated carbocycles. The topological polar surface area (TPSA) is 37.3 Å². The van der Waals surface area contributed by atoms with E-state index < -0.39 is 0 Å². The van der Waals surface area contributed by atoms with E-state index in [1.165, 1.54) is 0 Å². The molecule has 0 aliphatic carbocycles. The van der Waals surface area contributed by atoms with Gasteiger partial charge in [-0.05, 0) is 25.5 Å². The lowest BCUT2D eigenvalue weighted by Gasteiger charge is -2.01. The fourth-order valence-electron chi connectivity index (χ4n) is 1.04. The normalized spacial score (nSPS) is 10.1. The molecule has 1 aromatic rings. The fourth-order valence-corrected chi connectivity index (χ4v) is 1.88. The van der Waals surface area contributed by atoms with E-state index in [1.54, 1.807) is 18.7 Å². The molecule has 0 radical (unpaired) electrons. The van der Waals surface area contributed by atoms with E-state index >= 15 is 0 Å². The number of carbonyl (C=O) groups is 1. The number of thioether (sulfide) groups is 1. The van der Waals surface area contributed by atoms with Gasteiger partial charge in [-0.2, -0.15) is 0 Å². The number of carbonyl (C=O) groups excluding carboxylic acids is 1. The Hall–Kier alpha value is -0.800. The highest BCUT2D eigenvalue weighted by molar-refractivity contribution is 7.99. The number of hydrogen-bond acceptors (Lipinski definition) is 3. The molecule has 0 aromatic heterocycles. The summed E-state index contributed by atoms with van der Waals surface area (Å²) in [5.41, 5.74) is 0.747. The third-order valence-corrected chi connectivity index (χ3v) is 2.93. The van der Waals surface area contributed by atoms with Crippen LogP contribution in [0.5, 0.6) is 0 Å². The van der Waals surface area contributed by atoms with Gasteiger partial charge < -0.3 is 5.11 Å². The zero-order chi connectivity index (χ0) is 10.4. The molecule has 0 aliphatic rings. The average Bonchev–Trinajstić information content (AvgIpc) is 2.19. The van der Waals surface area contributed by atoms with Crippen molar-refractivity contribution in [1.29, 1.82) is 0 Å². The molecule has 0 amide bonds. The van der Waals surface area contributed by atoms with Crippen LogP contribution >= 0.6 is 11.8 Å². The summed E-state index contributed by atoms with van der Waals surface area (Å²) in [7, 11) is 0. The first-order valence-corrected chi connectivity index (χ1v) is 5.57. The Bertz CT molecular complexity index is 293. The molecular weight excluding hydrogens is 196 g/mol. The lowest BCUT2D eigenvalue weighted by atomic mass is 10.2. The van der Waals surface area contributed by atoms with E-state index in [4.69, 9.17) is 5.11 Å². The number of aliphatic hydroxyl groups is 1. The van der Waals surface area contributed by atoms with Gasteiger partial charge in [-0.25, -0.2) is 0 Å². The van der Waals surface area contributed by atoms with E-state index in [0.717, 1.165) is 22.6 Å². The van der Waals surface area contributed by atoms with Crippen LogP contribution < -0.4 is 0 Å². The zero-order valence-corrected chi connectivity index (χ0v) is 9.01. The number of ketones is 1. The number of benzene rings is 1. The lowest BCUT2D eigenvalue weighted by Crippen LogP contribution is -1.91. The van der Waals surface area contributed by atoms with E-state index in [9.17, 15) is 4.79 Å². The van der Waals surface area contributed by atoms with Crippen molar-refractivity contribution in [1.82, 2.24) is 0 Å². The molecule has 0 bridgehead atoms. The predicted octanol–water partition coefficient (Wildman–Crippen LogP) is 2.36. The van der Waals surface area contributed by atoms with E-state index in [-0.39, 0.29) is 12.4 Å². The first-order chi connectivity index (χ1) is 6.74. The third-order valence-electron chi connectivity index (χ3n) is 1.83. The molecule has 1 rings (SSSR count). The van der Waals surface area contributed by atoms with Gasteiger partial charge in [0.15, 0.2) is 5.78 Å². The van der Waals surface area contributed by atoms with Crippen LogP contribution in [0.1, 0.15) is 23.7 Å². The molecular formula is C11H14O2S. The molecule has 0 heterocycles. The minimum absolute atomic E-state index is 0.0944. The third kappa shape index (κ3) is 3.52. The number of hydrogen-bond donors (Lipinski definition) is 1. The van der Waals surface area contributed by atoms with Gasteiger partial charge in [-0.1, -0.05) is 12.1 Å². The molecule has 1 N–H and O–H groups in total. The van der Waals surface area contributed by atoms with E-state index in [2.05, 4.69) is 0 Å². The standard InChI is InChI=1S/C11H14O2S/c1-9(13)10-3-5-11(6-4-10)14-8-2-7-12/h3-6,12H,2,7-8H2,1H3. The second-order valence-electron chi connectivity index (χ2n) is 3.01. The molecule has 0 saturated heterocycles. The van der Waals surface area contributed by atoms with Crippen molar-refractivity contribution in [2.24, 2.45) is 0 Å². The summed E-state index contributed by atoms with van der Waals surface area (Å²) in [6.07, 6.45) is 0.805. The van der Waals surface area contributed by atoms with Gasteiger partial charge in [0.05, 0.1) is 0 Å². The maximum absolute atomic E-state index is 11.0. The van der Waals surface area contributed by atoms with Crippen LogP contribution in [0.15, 0.2) is 29.2 Å². The molecule has 1 aromatic carbocycles. The fraction of sp³-hybridized carbons (Fsp3) is 0.364. The van der Waals surface area contributed by atoms with Gasteiger partial charge in [0.1, 0.15) is 0 Å². The first kappa shape index (κ1) is 11.3. The number of aliphatic hydroxyl groups excluding tert-OH is 1. The van der Waals surface area contributed by atoms with Crippen LogP contribution in [0, 0.1) is 0 Å². The maximum atomic E-state index is 11.0. The van der Waals surface area contributed by atoms with Crippen LogP contribution in [0.3, 0.4) is 0 Å². The highest BCUT2D eigenvalue weighted by atomic mass is 32.2. The first-order valence-electron chi connectivity index (χ1n) is 4.58. The molecule has 14 heavy (non-hydrogen) atoms. The van der Waals surface area contributed by atoms with Crippen LogP contribution in [0.25, 0.3) is 0 Å². The smallest absolute Gasteiger partial charge is 0.159 e. The van der Waals surface area contributed by atoms with E-state index in [0.29, 0.717) is 0 Å². The van der Waals surface area contributed by atoms with Crippen LogP contribution in [0.4, 0.5) is 0 Å². The van der Waals surface area contributed by atoms with Crippen molar-refractivity contribution in [3.05, 3.63) is 29.8 Å². The van der Waals surface area contributed by atoms with Gasteiger partial charge >= 0.3 is 0 Å². The molecule has 2 nitrogen and oxygen atoms in total. The molecule has 0 fully saturated rings. The molecule has 0 spiro atoms. The monoisotopic (exact) mass is 210 g/mol. The summed E-state index contributed by atoms with van der Waals surface area (Å²) in [6.45, 7) is 1.80. The second kappa shape index (κ2) is 5.83. The summed E-state index contributed by atoms with van der Waals surface area (Å²) in [6, 6.07) is 7.56. The predicted molar refractivity (Wildman–Crippen MR) is 58.9 cm³/mol. The Morgan fingerprint density at radius 2 is 2.00 bits per heavy atom. The second-order valence-corrected chi connectivity index (χ2v) is 4.17. The Balaban J connectivity index is 2.51. The Morgan fingerprint density at radius 1 is 1.36 bits per heavy atom. The molecule has 3 heteroatoms.